The van der Waals surface area contributed by atoms with Gasteiger partial charge in [0.15, 0.2) is 0 Å². The van der Waals surface area contributed by atoms with E-state index in [1.165, 1.54) is 43.1 Å². The van der Waals surface area contributed by atoms with Gasteiger partial charge in [0.05, 0.1) is 0 Å². The van der Waals surface area contributed by atoms with Crippen LogP contribution in [0.4, 0.5) is 0 Å². The van der Waals surface area contributed by atoms with Crippen LogP contribution in [0.15, 0.2) is 60.7 Å². The van der Waals surface area contributed by atoms with Crippen LogP contribution in [0, 0.1) is 23.7 Å². The molecule has 144 valence electrons. The summed E-state index contributed by atoms with van der Waals surface area (Å²) in [5.74, 6) is 13.5. The Morgan fingerprint density at radius 1 is 0.500 bits per heavy atom. The molecule has 0 fully saturated rings. The summed E-state index contributed by atoms with van der Waals surface area (Å²) in [6, 6.07) is 22.2. The molecule has 0 aliphatic heterocycles. The van der Waals surface area contributed by atoms with Gasteiger partial charge in [-0.25, -0.2) is 0 Å². The summed E-state index contributed by atoms with van der Waals surface area (Å²) in [7, 11) is 0. The van der Waals surface area contributed by atoms with Gasteiger partial charge in [-0.2, -0.15) is 0 Å². The van der Waals surface area contributed by atoms with Gasteiger partial charge in [0.25, 0.3) is 0 Å². The molecule has 0 radical (unpaired) electrons. The van der Waals surface area contributed by atoms with Crippen molar-refractivity contribution in [2.24, 2.45) is 0 Å². The predicted octanol–water partition coefficient (Wildman–Crippen LogP) is 8.04. The highest BCUT2D eigenvalue weighted by Crippen LogP contribution is 2.41. The second kappa shape index (κ2) is 7.74. The maximum atomic E-state index is 3.41. The number of hydrogen-bond donors (Lipinski definition) is 0. The third-order valence-corrected chi connectivity index (χ3v) is 5.86. The Kier molecular flexibility index (Phi) is 4.78. The number of benzene rings is 5. The van der Waals surface area contributed by atoms with Gasteiger partial charge in [-0.1, -0.05) is 86.1 Å². The molecule has 0 saturated carbocycles. The van der Waals surface area contributed by atoms with Crippen molar-refractivity contribution in [3.05, 3.63) is 71.8 Å². The van der Waals surface area contributed by atoms with E-state index in [0.717, 1.165) is 36.8 Å². The first-order valence-electron chi connectivity index (χ1n) is 10.9. The molecule has 0 spiro atoms. The van der Waals surface area contributed by atoms with Gasteiger partial charge in [-0.15, -0.1) is 0 Å². The van der Waals surface area contributed by atoms with E-state index >= 15 is 0 Å². The normalized spacial score (nSPS) is 11.0. The number of hydrogen-bond acceptors (Lipinski definition) is 0. The highest BCUT2D eigenvalue weighted by molar-refractivity contribution is 6.33. The first-order valence-corrected chi connectivity index (χ1v) is 10.9. The summed E-state index contributed by atoms with van der Waals surface area (Å²) in [5.41, 5.74) is 2.25. The minimum atomic E-state index is 0.937. The van der Waals surface area contributed by atoms with Crippen LogP contribution < -0.4 is 0 Å². The van der Waals surface area contributed by atoms with E-state index in [4.69, 9.17) is 0 Å². The van der Waals surface area contributed by atoms with E-state index in [2.05, 4.69) is 98.2 Å². The fourth-order valence-electron chi connectivity index (χ4n) is 4.49. The van der Waals surface area contributed by atoms with Gasteiger partial charge in [-0.05, 0) is 68.1 Å². The van der Waals surface area contributed by atoms with E-state index in [1.807, 2.05) is 0 Å². The third-order valence-electron chi connectivity index (χ3n) is 5.86. The average Bonchev–Trinajstić information content (AvgIpc) is 2.79. The zero-order chi connectivity index (χ0) is 20.5. The van der Waals surface area contributed by atoms with Crippen molar-refractivity contribution < 1.29 is 0 Å². The Morgan fingerprint density at radius 2 is 0.900 bits per heavy atom. The van der Waals surface area contributed by atoms with Crippen molar-refractivity contribution in [1.29, 1.82) is 0 Å². The van der Waals surface area contributed by atoms with Crippen molar-refractivity contribution in [3.8, 4) is 23.7 Å². The number of unbranched alkanes of at least 4 members (excludes halogenated alkanes) is 2. The van der Waals surface area contributed by atoms with Crippen molar-refractivity contribution >= 4 is 43.1 Å². The molecule has 0 heteroatoms. The Hall–Kier alpha value is -3.48. The predicted molar refractivity (Wildman–Crippen MR) is 131 cm³/mol. The highest BCUT2D eigenvalue weighted by Gasteiger charge is 2.15. The molecule has 0 aromatic heterocycles. The summed E-state index contributed by atoms with van der Waals surface area (Å²) in [6.45, 7) is 4.34. The standard InChI is InChI=1S/C30H24/c1-3-5-7-11-21-17-19-27-26-16-10-14-24-22(12-8-6-4-2)18-20-28(30(24)26)25-15-9-13-23(21)29(25)27/h9-10,13-20H,3-6H2,1-2H3. The molecule has 0 amide bonds. The van der Waals surface area contributed by atoms with Crippen LogP contribution in [-0.2, 0) is 0 Å². The van der Waals surface area contributed by atoms with E-state index in [9.17, 15) is 0 Å². The van der Waals surface area contributed by atoms with Crippen LogP contribution in [0.25, 0.3) is 43.1 Å². The topological polar surface area (TPSA) is 0 Å². The van der Waals surface area contributed by atoms with Crippen LogP contribution in [0.3, 0.4) is 0 Å². The Balaban J connectivity index is 1.90. The third kappa shape index (κ3) is 2.89. The highest BCUT2D eigenvalue weighted by atomic mass is 14.2. The monoisotopic (exact) mass is 384 g/mol. The average molecular weight is 385 g/mol. The van der Waals surface area contributed by atoms with Gasteiger partial charge in [-0.3, -0.25) is 0 Å². The minimum Gasteiger partial charge on any atom is -0.0979 e. The molecule has 0 aliphatic rings. The maximum Gasteiger partial charge on any atom is 0.0324 e. The van der Waals surface area contributed by atoms with Crippen molar-refractivity contribution in [2.75, 3.05) is 0 Å². The molecule has 5 aromatic carbocycles. The summed E-state index contributed by atoms with van der Waals surface area (Å²) < 4.78 is 0. The van der Waals surface area contributed by atoms with Crippen LogP contribution in [-0.4, -0.2) is 0 Å². The second-order valence-electron chi connectivity index (χ2n) is 7.88. The van der Waals surface area contributed by atoms with Crippen LogP contribution in [0.2, 0.25) is 0 Å². The SMILES string of the molecule is CCCC#Cc1ccc2c3cccc4c(C#CCCC)ccc(c5cccc1c52)c43. The number of rotatable bonds is 2. The molecule has 5 aromatic rings. The molecule has 0 heterocycles. The van der Waals surface area contributed by atoms with Gasteiger partial charge in [0, 0.05) is 24.0 Å². The Morgan fingerprint density at radius 3 is 1.33 bits per heavy atom. The van der Waals surface area contributed by atoms with E-state index in [-0.39, 0.29) is 0 Å². The molecule has 0 nitrogen and oxygen atoms in total. The maximum absolute atomic E-state index is 3.41. The zero-order valence-electron chi connectivity index (χ0n) is 17.6. The molecular weight excluding hydrogens is 360 g/mol. The first kappa shape index (κ1) is 18.5. The van der Waals surface area contributed by atoms with E-state index in [1.54, 1.807) is 0 Å². The van der Waals surface area contributed by atoms with Crippen molar-refractivity contribution in [2.45, 2.75) is 39.5 Å². The summed E-state index contributed by atoms with van der Waals surface area (Å²) >= 11 is 0. The molecule has 0 saturated heterocycles. The quantitative estimate of drug-likeness (QED) is 0.164. The molecule has 30 heavy (non-hydrogen) atoms. The first-order chi connectivity index (χ1) is 14.8. The lowest BCUT2D eigenvalue weighted by Crippen LogP contribution is -1.90. The van der Waals surface area contributed by atoms with Gasteiger partial charge >= 0.3 is 0 Å². The Labute approximate surface area is 178 Å². The molecular formula is C30H24. The zero-order valence-corrected chi connectivity index (χ0v) is 17.6. The van der Waals surface area contributed by atoms with Gasteiger partial charge < -0.3 is 0 Å². The van der Waals surface area contributed by atoms with E-state index < -0.39 is 0 Å². The second-order valence-corrected chi connectivity index (χ2v) is 7.88. The Bertz CT molecular complexity index is 1370. The van der Waals surface area contributed by atoms with E-state index in [0.29, 0.717) is 0 Å². The fourth-order valence-corrected chi connectivity index (χ4v) is 4.49. The van der Waals surface area contributed by atoms with Crippen LogP contribution in [0.1, 0.15) is 50.7 Å². The van der Waals surface area contributed by atoms with Crippen molar-refractivity contribution in [3.63, 3.8) is 0 Å². The molecule has 0 bridgehead atoms. The largest absolute Gasteiger partial charge is 0.0979 e. The number of fused-ring (bicyclic) bond motifs is 2. The smallest absolute Gasteiger partial charge is 0.0324 e. The van der Waals surface area contributed by atoms with Gasteiger partial charge in [0.1, 0.15) is 0 Å². The van der Waals surface area contributed by atoms with Crippen LogP contribution in [0.5, 0.6) is 0 Å². The summed E-state index contributed by atoms with van der Waals surface area (Å²) in [4.78, 5) is 0. The minimum absolute atomic E-state index is 0.937. The molecule has 0 unspecified atom stereocenters. The summed E-state index contributed by atoms with van der Waals surface area (Å²) in [6.07, 6.45) is 4.06. The summed E-state index contributed by atoms with van der Waals surface area (Å²) in [5, 5.41) is 10.4. The van der Waals surface area contributed by atoms with Gasteiger partial charge in [0.2, 0.25) is 0 Å². The molecule has 0 aliphatic carbocycles. The van der Waals surface area contributed by atoms with Crippen molar-refractivity contribution in [1.82, 2.24) is 0 Å². The molecule has 5 rings (SSSR count). The molecule has 0 atom stereocenters. The lowest BCUT2D eigenvalue weighted by Gasteiger charge is -2.15. The lowest BCUT2D eigenvalue weighted by molar-refractivity contribution is 0.983. The lowest BCUT2D eigenvalue weighted by atomic mass is 9.87. The fraction of sp³-hybridized carbons (Fsp3) is 0.200. The molecule has 0 N–H and O–H groups in total. The van der Waals surface area contributed by atoms with Crippen LogP contribution >= 0.6 is 0 Å².